The standard InChI is InChI=1S/C18H14O5/c19-16-15(11-13-7-3-1-4-8-13)22-18(23-16,17(20)21)12-14-9-5-2-6-10-14/h1-11H,12H2,(H,20,21)/b15-11-/t18-/m1/s1. The molecule has 1 aliphatic rings. The van der Waals surface area contributed by atoms with Crippen molar-refractivity contribution in [3.8, 4) is 0 Å². The first-order valence-electron chi connectivity index (χ1n) is 7.05. The summed E-state index contributed by atoms with van der Waals surface area (Å²) in [5, 5.41) is 9.50. The van der Waals surface area contributed by atoms with Crippen molar-refractivity contribution in [2.75, 3.05) is 0 Å². The van der Waals surface area contributed by atoms with Crippen LogP contribution in [0, 0.1) is 0 Å². The van der Waals surface area contributed by atoms with Gasteiger partial charge < -0.3 is 14.6 Å². The van der Waals surface area contributed by atoms with Crippen LogP contribution in [0.5, 0.6) is 0 Å². The van der Waals surface area contributed by atoms with Gasteiger partial charge in [0.2, 0.25) is 5.76 Å². The van der Waals surface area contributed by atoms with Gasteiger partial charge >= 0.3 is 17.7 Å². The number of rotatable bonds is 4. The molecule has 0 unspecified atom stereocenters. The fourth-order valence-electron chi connectivity index (χ4n) is 2.33. The highest BCUT2D eigenvalue weighted by Gasteiger charge is 2.53. The van der Waals surface area contributed by atoms with Gasteiger partial charge in [-0.05, 0) is 17.2 Å². The number of aliphatic carboxylic acids is 1. The molecule has 1 N–H and O–H groups in total. The summed E-state index contributed by atoms with van der Waals surface area (Å²) in [5.41, 5.74) is 1.42. The third-order valence-corrected chi connectivity index (χ3v) is 3.44. The van der Waals surface area contributed by atoms with Crippen LogP contribution in [0.25, 0.3) is 6.08 Å². The number of esters is 1. The van der Waals surface area contributed by atoms with Crippen LogP contribution in [0.4, 0.5) is 0 Å². The molecule has 116 valence electrons. The number of benzene rings is 2. The molecule has 2 aromatic rings. The summed E-state index contributed by atoms with van der Waals surface area (Å²) in [6, 6.07) is 17.9. The first-order chi connectivity index (χ1) is 11.1. The summed E-state index contributed by atoms with van der Waals surface area (Å²) in [7, 11) is 0. The van der Waals surface area contributed by atoms with Crippen LogP contribution in [0.15, 0.2) is 66.4 Å². The smallest absolute Gasteiger partial charge is 0.390 e. The van der Waals surface area contributed by atoms with Gasteiger partial charge in [-0.15, -0.1) is 0 Å². The number of ether oxygens (including phenoxy) is 2. The zero-order valence-corrected chi connectivity index (χ0v) is 12.1. The largest absolute Gasteiger partial charge is 0.475 e. The van der Waals surface area contributed by atoms with Gasteiger partial charge in [-0.2, -0.15) is 0 Å². The summed E-state index contributed by atoms with van der Waals surface area (Å²) < 4.78 is 10.5. The molecule has 1 atom stereocenters. The number of carboxylic acids is 1. The predicted octanol–water partition coefficient (Wildman–Crippen LogP) is 2.62. The van der Waals surface area contributed by atoms with Gasteiger partial charge in [0.15, 0.2) is 0 Å². The second kappa shape index (κ2) is 5.96. The molecule has 0 aliphatic carbocycles. The van der Waals surface area contributed by atoms with Crippen LogP contribution < -0.4 is 0 Å². The van der Waals surface area contributed by atoms with Crippen molar-refractivity contribution in [1.29, 1.82) is 0 Å². The number of hydrogen-bond acceptors (Lipinski definition) is 4. The zero-order chi connectivity index (χ0) is 16.3. The summed E-state index contributed by atoms with van der Waals surface area (Å²) >= 11 is 0. The number of cyclic esters (lactones) is 1. The summed E-state index contributed by atoms with van der Waals surface area (Å²) in [6.07, 6.45) is 1.40. The molecule has 5 heteroatoms. The molecule has 0 saturated carbocycles. The minimum atomic E-state index is -2.03. The Kier molecular flexibility index (Phi) is 3.85. The maximum atomic E-state index is 12.0. The van der Waals surface area contributed by atoms with Gasteiger partial charge in [0.05, 0.1) is 6.42 Å². The molecule has 0 aromatic heterocycles. The van der Waals surface area contributed by atoms with Gasteiger partial charge in [0.1, 0.15) is 0 Å². The van der Waals surface area contributed by atoms with E-state index in [9.17, 15) is 14.7 Å². The molecule has 23 heavy (non-hydrogen) atoms. The number of carbonyl (C=O) groups is 2. The van der Waals surface area contributed by atoms with Gasteiger partial charge in [-0.3, -0.25) is 0 Å². The second-order valence-electron chi connectivity index (χ2n) is 5.13. The highest BCUT2D eigenvalue weighted by Crippen LogP contribution is 2.32. The van der Waals surface area contributed by atoms with Crippen LogP contribution in [-0.4, -0.2) is 22.8 Å². The first kappa shape index (κ1) is 14.8. The van der Waals surface area contributed by atoms with Crippen LogP contribution in [-0.2, 0) is 25.5 Å². The topological polar surface area (TPSA) is 72.8 Å². The van der Waals surface area contributed by atoms with Crippen LogP contribution in [0.3, 0.4) is 0 Å². The van der Waals surface area contributed by atoms with Crippen molar-refractivity contribution in [2.45, 2.75) is 12.2 Å². The average molecular weight is 310 g/mol. The van der Waals surface area contributed by atoms with E-state index in [0.717, 1.165) is 5.56 Å². The van der Waals surface area contributed by atoms with Gasteiger partial charge in [0.25, 0.3) is 0 Å². The molecule has 1 fully saturated rings. The highest BCUT2D eigenvalue weighted by molar-refractivity contribution is 5.96. The van der Waals surface area contributed by atoms with Gasteiger partial charge in [-0.1, -0.05) is 60.7 Å². The summed E-state index contributed by atoms with van der Waals surface area (Å²) in [5.74, 6) is -4.27. The lowest BCUT2D eigenvalue weighted by Crippen LogP contribution is -2.42. The lowest BCUT2D eigenvalue weighted by Gasteiger charge is -2.21. The molecule has 0 radical (unpaired) electrons. The molecule has 2 aromatic carbocycles. The monoisotopic (exact) mass is 310 g/mol. The minimum Gasteiger partial charge on any atom is -0.475 e. The maximum absolute atomic E-state index is 12.0. The van der Waals surface area contributed by atoms with Crippen molar-refractivity contribution < 1.29 is 24.2 Å². The average Bonchev–Trinajstić information content (AvgIpc) is 2.86. The zero-order valence-electron chi connectivity index (χ0n) is 12.1. The van der Waals surface area contributed by atoms with E-state index < -0.39 is 17.7 Å². The Hall–Kier alpha value is -3.08. The molecule has 1 heterocycles. The van der Waals surface area contributed by atoms with E-state index in [0.29, 0.717) is 5.56 Å². The third kappa shape index (κ3) is 3.08. The Balaban J connectivity index is 1.90. The molecule has 0 bridgehead atoms. The number of hydrogen-bond donors (Lipinski definition) is 1. The van der Waals surface area contributed by atoms with Crippen molar-refractivity contribution >= 4 is 18.0 Å². The van der Waals surface area contributed by atoms with E-state index >= 15 is 0 Å². The second-order valence-corrected chi connectivity index (χ2v) is 5.13. The van der Waals surface area contributed by atoms with Gasteiger partial charge in [0, 0.05) is 0 Å². The maximum Gasteiger partial charge on any atom is 0.390 e. The Morgan fingerprint density at radius 3 is 2.22 bits per heavy atom. The number of carboxylic acid groups (broad SMARTS) is 1. The lowest BCUT2D eigenvalue weighted by atomic mass is 10.1. The Morgan fingerprint density at radius 1 is 1.00 bits per heavy atom. The van der Waals surface area contributed by atoms with E-state index in [1.54, 1.807) is 48.5 Å². The lowest BCUT2D eigenvalue weighted by molar-refractivity contribution is -0.200. The van der Waals surface area contributed by atoms with Gasteiger partial charge in [-0.25, -0.2) is 9.59 Å². The molecule has 0 amide bonds. The molecule has 1 saturated heterocycles. The fraction of sp³-hybridized carbons (Fsp3) is 0.111. The predicted molar refractivity (Wildman–Crippen MR) is 82.1 cm³/mol. The minimum absolute atomic E-state index is 0.0684. The number of carbonyl (C=O) groups excluding carboxylic acids is 1. The van der Waals surface area contributed by atoms with Crippen LogP contribution >= 0.6 is 0 Å². The van der Waals surface area contributed by atoms with Crippen molar-refractivity contribution in [2.24, 2.45) is 0 Å². The van der Waals surface area contributed by atoms with E-state index in [1.807, 2.05) is 12.1 Å². The van der Waals surface area contributed by atoms with E-state index in [2.05, 4.69) is 0 Å². The van der Waals surface area contributed by atoms with E-state index in [4.69, 9.17) is 9.47 Å². The summed E-state index contributed by atoms with van der Waals surface area (Å²) in [6.45, 7) is 0. The van der Waals surface area contributed by atoms with Crippen LogP contribution in [0.2, 0.25) is 0 Å². The quantitative estimate of drug-likeness (QED) is 0.694. The SMILES string of the molecule is O=C1O[C@](Cc2ccccc2)(C(=O)O)O/C1=C\c1ccccc1. The van der Waals surface area contributed by atoms with E-state index in [-0.39, 0.29) is 12.2 Å². The molecule has 3 rings (SSSR count). The normalized spacial score (nSPS) is 21.7. The van der Waals surface area contributed by atoms with Crippen molar-refractivity contribution in [3.05, 3.63) is 77.5 Å². The summed E-state index contributed by atoms with van der Waals surface area (Å²) in [4.78, 5) is 23.7. The molecular formula is C18H14O5. The highest BCUT2D eigenvalue weighted by atomic mass is 16.8. The molecule has 1 aliphatic heterocycles. The molecule has 0 spiro atoms. The first-order valence-corrected chi connectivity index (χ1v) is 7.05. The Labute approximate surface area is 132 Å². The third-order valence-electron chi connectivity index (χ3n) is 3.44. The Morgan fingerprint density at radius 2 is 1.61 bits per heavy atom. The molecule has 5 nitrogen and oxygen atoms in total. The van der Waals surface area contributed by atoms with E-state index in [1.165, 1.54) is 6.08 Å². The Bertz CT molecular complexity index is 751. The van der Waals surface area contributed by atoms with Crippen LogP contribution in [0.1, 0.15) is 11.1 Å². The fourth-order valence-corrected chi connectivity index (χ4v) is 2.33. The van der Waals surface area contributed by atoms with Crippen molar-refractivity contribution in [1.82, 2.24) is 0 Å². The van der Waals surface area contributed by atoms with Crippen molar-refractivity contribution in [3.63, 3.8) is 0 Å². The molecular weight excluding hydrogens is 296 g/mol.